The molecule has 2 N–H and O–H groups in total. The highest BCUT2D eigenvalue weighted by Crippen LogP contribution is 2.23. The van der Waals surface area contributed by atoms with Crippen molar-refractivity contribution in [2.24, 2.45) is 5.73 Å². The maximum Gasteiger partial charge on any atom is 0.253 e. The van der Waals surface area contributed by atoms with Crippen molar-refractivity contribution in [3.63, 3.8) is 0 Å². The summed E-state index contributed by atoms with van der Waals surface area (Å²) in [6.45, 7) is 1.80. The van der Waals surface area contributed by atoms with Gasteiger partial charge in [0, 0.05) is 25.2 Å². The van der Waals surface area contributed by atoms with Gasteiger partial charge in [0.15, 0.2) is 0 Å². The molecule has 0 radical (unpaired) electrons. The third kappa shape index (κ3) is 4.37. The molecule has 0 saturated heterocycles. The van der Waals surface area contributed by atoms with Crippen LogP contribution < -0.4 is 5.73 Å². The molecule has 3 nitrogen and oxygen atoms in total. The first kappa shape index (κ1) is 18.5. The summed E-state index contributed by atoms with van der Waals surface area (Å²) in [5.41, 5.74) is 10.5. The van der Waals surface area contributed by atoms with E-state index in [2.05, 4.69) is 24.3 Å². The topological polar surface area (TPSA) is 46.3 Å². The summed E-state index contributed by atoms with van der Waals surface area (Å²) in [6, 6.07) is 16.4. The third-order valence-corrected chi connectivity index (χ3v) is 4.54. The Morgan fingerprint density at radius 2 is 1.75 bits per heavy atom. The second kappa shape index (κ2) is 8.86. The Hall–Kier alpha value is -1.84. The molecule has 0 bridgehead atoms. The number of aryl methyl sites for hydroxylation is 2. The minimum absolute atomic E-state index is 0. The van der Waals surface area contributed by atoms with Gasteiger partial charge in [0.05, 0.1) is 0 Å². The number of carbonyl (C=O) groups excluding carboxylic acids is 1. The Morgan fingerprint density at radius 1 is 1.00 bits per heavy atom. The van der Waals surface area contributed by atoms with Crippen molar-refractivity contribution in [2.75, 3.05) is 19.6 Å². The van der Waals surface area contributed by atoms with Crippen molar-refractivity contribution in [1.82, 2.24) is 4.90 Å². The molecule has 0 atom stereocenters. The minimum atomic E-state index is 0. The molecular weight excluding hydrogens is 320 g/mol. The third-order valence-electron chi connectivity index (χ3n) is 4.54. The molecule has 3 rings (SSSR count). The van der Waals surface area contributed by atoms with Gasteiger partial charge in [0.2, 0.25) is 0 Å². The van der Waals surface area contributed by atoms with Crippen molar-refractivity contribution >= 4 is 18.3 Å². The lowest BCUT2D eigenvalue weighted by atomic mass is 10.1. The first-order valence-corrected chi connectivity index (χ1v) is 8.43. The van der Waals surface area contributed by atoms with Crippen LogP contribution in [-0.2, 0) is 19.3 Å². The van der Waals surface area contributed by atoms with Gasteiger partial charge in [-0.15, -0.1) is 12.4 Å². The second-order valence-corrected chi connectivity index (χ2v) is 6.15. The van der Waals surface area contributed by atoms with Crippen LogP contribution in [0.2, 0.25) is 0 Å². The Bertz CT molecular complexity index is 673. The zero-order chi connectivity index (χ0) is 16.1. The summed E-state index contributed by atoms with van der Waals surface area (Å²) >= 11 is 0. The van der Waals surface area contributed by atoms with Crippen molar-refractivity contribution in [3.8, 4) is 0 Å². The molecule has 0 aliphatic heterocycles. The van der Waals surface area contributed by atoms with Crippen LogP contribution in [0.25, 0.3) is 0 Å². The molecule has 1 aliphatic rings. The van der Waals surface area contributed by atoms with Gasteiger partial charge in [-0.1, -0.05) is 36.4 Å². The number of nitrogens with two attached hydrogens (primary N) is 1. The molecule has 0 fully saturated rings. The highest BCUT2D eigenvalue weighted by Gasteiger charge is 2.18. The van der Waals surface area contributed by atoms with Crippen LogP contribution in [0.1, 0.15) is 33.5 Å². The van der Waals surface area contributed by atoms with Crippen LogP contribution in [0.15, 0.2) is 48.5 Å². The van der Waals surface area contributed by atoms with E-state index < -0.39 is 0 Å². The van der Waals surface area contributed by atoms with E-state index in [9.17, 15) is 4.79 Å². The van der Waals surface area contributed by atoms with Crippen LogP contribution in [-0.4, -0.2) is 30.4 Å². The Kier molecular flexibility index (Phi) is 6.83. The normalized spacial score (nSPS) is 12.4. The van der Waals surface area contributed by atoms with E-state index in [1.54, 1.807) is 0 Å². The number of benzene rings is 2. The highest BCUT2D eigenvalue weighted by atomic mass is 35.5. The fourth-order valence-electron chi connectivity index (χ4n) is 3.27. The van der Waals surface area contributed by atoms with E-state index >= 15 is 0 Å². The zero-order valence-corrected chi connectivity index (χ0v) is 14.7. The van der Waals surface area contributed by atoms with Gasteiger partial charge in [-0.25, -0.2) is 0 Å². The Labute approximate surface area is 150 Å². The maximum absolute atomic E-state index is 12.8. The maximum atomic E-state index is 12.8. The molecule has 0 heterocycles. The Morgan fingerprint density at radius 3 is 2.50 bits per heavy atom. The van der Waals surface area contributed by atoms with Gasteiger partial charge < -0.3 is 10.6 Å². The number of hydrogen-bond donors (Lipinski definition) is 1. The van der Waals surface area contributed by atoms with Crippen LogP contribution in [0, 0.1) is 0 Å². The van der Waals surface area contributed by atoms with E-state index in [1.807, 2.05) is 29.2 Å². The Balaban J connectivity index is 0.00000208. The van der Waals surface area contributed by atoms with Gasteiger partial charge in [0.25, 0.3) is 5.91 Å². The van der Waals surface area contributed by atoms with Crippen molar-refractivity contribution in [1.29, 1.82) is 0 Å². The standard InChI is InChI=1S/C20H24N2O.ClH/c21-12-14-22(13-11-16-5-2-1-3-6-16)20(23)19-10-9-17-7-4-8-18(17)15-19;/h1-3,5-6,9-10,15H,4,7-8,11-14,21H2;1H. The second-order valence-electron chi connectivity index (χ2n) is 6.15. The molecule has 0 unspecified atom stereocenters. The lowest BCUT2D eigenvalue weighted by molar-refractivity contribution is 0.0762. The number of fused-ring (bicyclic) bond motifs is 1. The molecule has 2 aromatic rings. The SMILES string of the molecule is Cl.NCCN(CCc1ccccc1)C(=O)c1ccc2c(c1)CCC2. The number of halogens is 1. The van der Waals surface area contributed by atoms with Gasteiger partial charge in [-0.3, -0.25) is 4.79 Å². The largest absolute Gasteiger partial charge is 0.337 e. The lowest BCUT2D eigenvalue weighted by Gasteiger charge is -2.22. The van der Waals surface area contributed by atoms with Crippen molar-refractivity contribution < 1.29 is 4.79 Å². The molecule has 0 saturated carbocycles. The summed E-state index contributed by atoms with van der Waals surface area (Å²) in [6.07, 6.45) is 4.30. The smallest absolute Gasteiger partial charge is 0.253 e. The minimum Gasteiger partial charge on any atom is -0.337 e. The van der Waals surface area contributed by atoms with E-state index in [-0.39, 0.29) is 18.3 Å². The number of hydrogen-bond acceptors (Lipinski definition) is 2. The number of carbonyl (C=O) groups is 1. The molecule has 4 heteroatoms. The van der Waals surface area contributed by atoms with Crippen LogP contribution in [0.4, 0.5) is 0 Å². The van der Waals surface area contributed by atoms with Crippen molar-refractivity contribution in [3.05, 3.63) is 70.8 Å². The van der Waals surface area contributed by atoms with Gasteiger partial charge in [-0.05, 0) is 54.5 Å². The first-order chi connectivity index (χ1) is 11.3. The molecule has 24 heavy (non-hydrogen) atoms. The number of nitrogens with zero attached hydrogens (tertiary/aromatic N) is 1. The average molecular weight is 345 g/mol. The van der Waals surface area contributed by atoms with E-state index in [4.69, 9.17) is 5.73 Å². The monoisotopic (exact) mass is 344 g/mol. The van der Waals surface area contributed by atoms with Gasteiger partial charge >= 0.3 is 0 Å². The molecule has 2 aromatic carbocycles. The fraction of sp³-hybridized carbons (Fsp3) is 0.350. The van der Waals surface area contributed by atoms with Crippen LogP contribution in [0.5, 0.6) is 0 Å². The van der Waals surface area contributed by atoms with Crippen LogP contribution >= 0.6 is 12.4 Å². The van der Waals surface area contributed by atoms with Gasteiger partial charge in [0.1, 0.15) is 0 Å². The summed E-state index contributed by atoms with van der Waals surface area (Å²) in [4.78, 5) is 14.7. The fourth-order valence-corrected chi connectivity index (χ4v) is 3.27. The quantitative estimate of drug-likeness (QED) is 0.874. The van der Waals surface area contributed by atoms with E-state index in [0.29, 0.717) is 19.6 Å². The highest BCUT2D eigenvalue weighted by molar-refractivity contribution is 5.94. The molecule has 1 amide bonds. The lowest BCUT2D eigenvalue weighted by Crippen LogP contribution is -2.37. The molecule has 128 valence electrons. The number of rotatable bonds is 6. The average Bonchev–Trinajstić information content (AvgIpc) is 3.06. The molecular formula is C20H25ClN2O. The summed E-state index contributed by atoms with van der Waals surface area (Å²) in [5.74, 6) is 0.0982. The van der Waals surface area contributed by atoms with E-state index in [1.165, 1.54) is 23.1 Å². The summed E-state index contributed by atoms with van der Waals surface area (Å²) in [5, 5.41) is 0. The van der Waals surface area contributed by atoms with Crippen LogP contribution in [0.3, 0.4) is 0 Å². The summed E-state index contributed by atoms with van der Waals surface area (Å²) in [7, 11) is 0. The first-order valence-electron chi connectivity index (χ1n) is 8.43. The van der Waals surface area contributed by atoms with E-state index in [0.717, 1.165) is 24.8 Å². The molecule has 0 aromatic heterocycles. The predicted molar refractivity (Wildman–Crippen MR) is 101 cm³/mol. The molecule has 0 spiro atoms. The molecule has 1 aliphatic carbocycles. The number of amides is 1. The van der Waals surface area contributed by atoms with Gasteiger partial charge in [-0.2, -0.15) is 0 Å². The summed E-state index contributed by atoms with van der Waals surface area (Å²) < 4.78 is 0. The predicted octanol–water partition coefficient (Wildman–Crippen LogP) is 3.24. The zero-order valence-electron chi connectivity index (χ0n) is 13.9. The van der Waals surface area contributed by atoms with Crippen molar-refractivity contribution in [2.45, 2.75) is 25.7 Å².